The minimum atomic E-state index is -3.97. The maximum Gasteiger partial charge on any atom is 0.477 e. The summed E-state index contributed by atoms with van der Waals surface area (Å²) in [4.78, 5) is 27.6. The normalized spacial score (nSPS) is 11.1. The second kappa shape index (κ2) is 4.74. The van der Waals surface area contributed by atoms with E-state index in [2.05, 4.69) is 19.6 Å². The number of rotatable bonds is 4. The Morgan fingerprint density at radius 3 is 1.69 bits per heavy atom. The van der Waals surface area contributed by atoms with Crippen molar-refractivity contribution < 1.29 is 42.7 Å². The van der Waals surface area contributed by atoms with Crippen LogP contribution in [0.2, 0.25) is 0 Å². The van der Waals surface area contributed by atoms with Crippen LogP contribution in [0.1, 0.15) is 6.92 Å². The molecule has 0 heterocycles. The van der Waals surface area contributed by atoms with Crippen molar-refractivity contribution in [3.8, 4) is 0 Å². The van der Waals surface area contributed by atoms with Gasteiger partial charge in [-0.2, -0.15) is 0 Å². The van der Waals surface area contributed by atoms with Crippen molar-refractivity contribution >= 4 is 11.9 Å². The Morgan fingerprint density at radius 2 is 1.46 bits per heavy atom. The van der Waals surface area contributed by atoms with E-state index in [9.17, 15) is 23.2 Å². The third kappa shape index (κ3) is 2.65. The predicted octanol–water partition coefficient (Wildman–Crippen LogP) is 0.433. The molecule has 0 fully saturated rings. The molecular formula is C4H3F3O6. The molecule has 0 unspecified atom stereocenters. The third-order valence-electron chi connectivity index (χ3n) is 0.791. The lowest BCUT2D eigenvalue weighted by Gasteiger charge is -2.14. The molecule has 0 spiro atoms. The summed E-state index contributed by atoms with van der Waals surface area (Å²) < 4.78 is 37.6. The van der Waals surface area contributed by atoms with Crippen LogP contribution >= 0.6 is 0 Å². The van der Waals surface area contributed by atoms with Gasteiger partial charge in [-0.1, -0.05) is 0 Å². The molecule has 9 heteroatoms. The highest BCUT2D eigenvalue weighted by Crippen LogP contribution is 2.19. The zero-order chi connectivity index (χ0) is 10.5. The molecule has 0 saturated heterocycles. The molecule has 0 aromatic carbocycles. The van der Waals surface area contributed by atoms with Gasteiger partial charge in [-0.3, -0.25) is 4.79 Å². The van der Waals surface area contributed by atoms with E-state index in [0.717, 1.165) is 6.92 Å². The highest BCUT2D eigenvalue weighted by atomic mass is 19.3. The van der Waals surface area contributed by atoms with Gasteiger partial charge in [0.1, 0.15) is 0 Å². The first-order valence-electron chi connectivity index (χ1n) is 2.64. The molecular weight excluding hydrogens is 201 g/mol. The van der Waals surface area contributed by atoms with Crippen molar-refractivity contribution in [1.82, 2.24) is 0 Å². The van der Waals surface area contributed by atoms with Crippen molar-refractivity contribution in [2.75, 3.05) is 0 Å². The van der Waals surface area contributed by atoms with Gasteiger partial charge in [0.05, 0.1) is 0 Å². The van der Waals surface area contributed by atoms with Gasteiger partial charge in [0, 0.05) is 6.92 Å². The lowest BCUT2D eigenvalue weighted by Crippen LogP contribution is -2.43. The van der Waals surface area contributed by atoms with E-state index in [1.165, 1.54) is 0 Å². The summed E-state index contributed by atoms with van der Waals surface area (Å²) in [5.41, 5.74) is 0. The summed E-state index contributed by atoms with van der Waals surface area (Å²) in [6, 6.07) is 0. The van der Waals surface area contributed by atoms with Gasteiger partial charge in [-0.15, -0.1) is 14.8 Å². The van der Waals surface area contributed by atoms with E-state index >= 15 is 0 Å². The van der Waals surface area contributed by atoms with Crippen LogP contribution in [0.15, 0.2) is 0 Å². The molecule has 0 bridgehead atoms. The standard InChI is InChI=1S/C4H3F3O6/c1-2(8)10-3(9)4(11-5,12-6)13-7/h1H3. The van der Waals surface area contributed by atoms with Gasteiger partial charge in [0.25, 0.3) is 0 Å². The quantitative estimate of drug-likeness (QED) is 0.375. The Kier molecular flexibility index (Phi) is 4.31. The highest BCUT2D eigenvalue weighted by molar-refractivity contribution is 5.87. The number of carbonyl (C=O) groups excluding carboxylic acids is 2. The first-order valence-corrected chi connectivity index (χ1v) is 2.64. The van der Waals surface area contributed by atoms with E-state index in [0.29, 0.717) is 0 Å². The molecule has 0 aliphatic rings. The van der Waals surface area contributed by atoms with Crippen LogP contribution in [-0.4, -0.2) is 17.9 Å². The zero-order valence-corrected chi connectivity index (χ0v) is 6.08. The molecule has 0 radical (unpaired) electrons. The van der Waals surface area contributed by atoms with Crippen LogP contribution in [0.4, 0.5) is 13.6 Å². The second-order valence-corrected chi connectivity index (χ2v) is 1.67. The fraction of sp³-hybridized carbons (Fsp3) is 0.500. The molecule has 0 N–H and O–H groups in total. The summed E-state index contributed by atoms with van der Waals surface area (Å²) in [7, 11) is 0. The first-order chi connectivity index (χ1) is 6.02. The van der Waals surface area contributed by atoms with Gasteiger partial charge >= 0.3 is 17.9 Å². The molecule has 76 valence electrons. The fourth-order valence-corrected chi connectivity index (χ4v) is 0.323. The van der Waals surface area contributed by atoms with Gasteiger partial charge in [-0.25, -0.2) is 4.79 Å². The van der Waals surface area contributed by atoms with Crippen molar-refractivity contribution in [2.45, 2.75) is 12.9 Å². The Morgan fingerprint density at radius 1 is 1.08 bits per heavy atom. The molecule has 0 atom stereocenters. The highest BCUT2D eigenvalue weighted by Gasteiger charge is 2.51. The lowest BCUT2D eigenvalue weighted by molar-refractivity contribution is -0.526. The summed E-state index contributed by atoms with van der Waals surface area (Å²) in [5, 5.41) is 0. The topological polar surface area (TPSA) is 71.1 Å². The number of halogens is 3. The van der Waals surface area contributed by atoms with E-state index in [-0.39, 0.29) is 0 Å². The largest absolute Gasteiger partial charge is 0.477 e. The molecule has 0 aliphatic heterocycles. The van der Waals surface area contributed by atoms with Crippen LogP contribution in [-0.2, 0) is 29.2 Å². The minimum Gasteiger partial charge on any atom is -0.387 e. The van der Waals surface area contributed by atoms with Crippen molar-refractivity contribution in [2.24, 2.45) is 0 Å². The van der Waals surface area contributed by atoms with E-state index in [1.54, 1.807) is 0 Å². The number of hydrogen-bond donors (Lipinski definition) is 0. The van der Waals surface area contributed by atoms with E-state index < -0.39 is 17.9 Å². The summed E-state index contributed by atoms with van der Waals surface area (Å²) in [6.07, 6.45) is 0. The van der Waals surface area contributed by atoms with Gasteiger partial charge in [0.15, 0.2) is 0 Å². The van der Waals surface area contributed by atoms with Gasteiger partial charge in [0.2, 0.25) is 0 Å². The van der Waals surface area contributed by atoms with Gasteiger partial charge in [-0.05, 0) is 13.6 Å². The molecule has 0 saturated carbocycles. The number of ether oxygens (including phenoxy) is 1. The zero-order valence-electron chi connectivity index (χ0n) is 6.08. The average Bonchev–Trinajstić information content (AvgIpc) is 2.07. The van der Waals surface area contributed by atoms with Crippen molar-refractivity contribution in [1.29, 1.82) is 0 Å². The number of hydrogen-bond acceptors (Lipinski definition) is 6. The Labute approximate surface area is 68.8 Å². The van der Waals surface area contributed by atoms with E-state index in [1.807, 2.05) is 0 Å². The second-order valence-electron chi connectivity index (χ2n) is 1.67. The van der Waals surface area contributed by atoms with Crippen molar-refractivity contribution in [3.05, 3.63) is 0 Å². The minimum absolute atomic E-state index is 0.720. The maximum absolute atomic E-state index is 11.4. The molecule has 0 aromatic heterocycles. The molecule has 13 heavy (non-hydrogen) atoms. The maximum atomic E-state index is 11.4. The summed E-state index contributed by atoms with van der Waals surface area (Å²) in [5.74, 6) is -7.40. The SMILES string of the molecule is CC(=O)OC(=O)C(OF)(OF)OF. The predicted molar refractivity (Wildman–Crippen MR) is 26.1 cm³/mol. The smallest absolute Gasteiger partial charge is 0.387 e. The molecule has 0 amide bonds. The van der Waals surface area contributed by atoms with Crippen LogP contribution in [0.5, 0.6) is 0 Å². The molecule has 6 nitrogen and oxygen atoms in total. The number of carbonyl (C=O) groups is 2. The van der Waals surface area contributed by atoms with E-state index in [4.69, 9.17) is 0 Å². The first kappa shape index (κ1) is 11.8. The average molecular weight is 204 g/mol. The summed E-state index contributed by atoms with van der Waals surface area (Å²) >= 11 is 0. The Balaban J connectivity index is 4.53. The van der Waals surface area contributed by atoms with Crippen LogP contribution in [0.3, 0.4) is 0 Å². The van der Waals surface area contributed by atoms with Crippen LogP contribution < -0.4 is 0 Å². The lowest BCUT2D eigenvalue weighted by atomic mass is 10.6. The Bertz CT molecular complexity index is 194. The molecule has 0 aromatic rings. The monoisotopic (exact) mass is 204 g/mol. The third-order valence-corrected chi connectivity index (χ3v) is 0.791. The van der Waals surface area contributed by atoms with Gasteiger partial charge < -0.3 is 4.74 Å². The molecule has 0 aliphatic carbocycles. The number of esters is 2. The summed E-state index contributed by atoms with van der Waals surface area (Å²) in [6.45, 7) is 0.720. The van der Waals surface area contributed by atoms with Crippen molar-refractivity contribution in [3.63, 3.8) is 0 Å². The fourth-order valence-electron chi connectivity index (χ4n) is 0.323. The van der Waals surface area contributed by atoms with Crippen LogP contribution in [0.25, 0.3) is 0 Å². The molecule has 0 rings (SSSR count). The van der Waals surface area contributed by atoms with Crippen LogP contribution in [0, 0.1) is 0 Å². The Hall–Kier alpha value is -1.19.